The van der Waals surface area contributed by atoms with Gasteiger partial charge in [-0.1, -0.05) is 98.5 Å². The summed E-state index contributed by atoms with van der Waals surface area (Å²) < 4.78 is 0. The summed E-state index contributed by atoms with van der Waals surface area (Å²) in [6.45, 7) is 2.74. The Balaban J connectivity index is 1.68. The van der Waals surface area contributed by atoms with Crippen molar-refractivity contribution in [3.8, 4) is 0 Å². The Bertz CT molecular complexity index is 561. The third-order valence-corrected chi connectivity index (χ3v) is 13.2. The monoisotopic (exact) mass is 322 g/mol. The van der Waals surface area contributed by atoms with Gasteiger partial charge < -0.3 is 0 Å². The highest BCUT2D eigenvalue weighted by Crippen LogP contribution is 2.53. The van der Waals surface area contributed by atoms with Gasteiger partial charge in [0.15, 0.2) is 0 Å². The highest BCUT2D eigenvalue weighted by Gasteiger charge is 2.49. The molecule has 0 N–H and O–H groups in total. The lowest BCUT2D eigenvalue weighted by Gasteiger charge is -2.43. The lowest BCUT2D eigenvalue weighted by atomic mass is 9.92. The first-order chi connectivity index (χ1) is 11.3. The molecule has 3 unspecified atom stereocenters. The van der Waals surface area contributed by atoms with E-state index in [1.807, 2.05) is 0 Å². The SMILES string of the molecule is C[Si](c1ccccc1)(C1CCCCC1)C1CC2C=CC=CC2C1. The number of benzene rings is 1. The molecule has 1 aromatic carbocycles. The smallest absolute Gasteiger partial charge is 0.0808 e. The van der Waals surface area contributed by atoms with Gasteiger partial charge in [-0.05, 0) is 35.8 Å². The molecular formula is C22H30Si. The number of rotatable bonds is 3. The normalized spacial score (nSPS) is 33.3. The third-order valence-electron chi connectivity index (χ3n) is 7.19. The molecule has 0 spiro atoms. The molecule has 0 saturated heterocycles. The van der Waals surface area contributed by atoms with E-state index < -0.39 is 8.07 Å². The molecule has 0 aliphatic heterocycles. The third kappa shape index (κ3) is 2.78. The van der Waals surface area contributed by atoms with Crippen LogP contribution >= 0.6 is 0 Å². The minimum absolute atomic E-state index is 0.823. The van der Waals surface area contributed by atoms with E-state index in [4.69, 9.17) is 0 Å². The van der Waals surface area contributed by atoms with Crippen LogP contribution in [0, 0.1) is 11.8 Å². The Kier molecular flexibility index (Phi) is 4.32. The summed E-state index contributed by atoms with van der Waals surface area (Å²) in [4.78, 5) is 0. The molecule has 1 aromatic rings. The van der Waals surface area contributed by atoms with Gasteiger partial charge >= 0.3 is 0 Å². The molecule has 3 atom stereocenters. The molecule has 2 fully saturated rings. The summed E-state index contributed by atoms with van der Waals surface area (Å²) in [5.41, 5.74) is 1.98. The number of hydrogen-bond acceptors (Lipinski definition) is 0. The van der Waals surface area contributed by atoms with Crippen LogP contribution in [-0.4, -0.2) is 8.07 Å². The van der Waals surface area contributed by atoms with Gasteiger partial charge in [-0.25, -0.2) is 0 Å². The summed E-state index contributed by atoms with van der Waals surface area (Å²) in [5.74, 6) is 1.65. The Hall–Kier alpha value is -1.08. The summed E-state index contributed by atoms with van der Waals surface area (Å²) in [6, 6.07) is 11.7. The van der Waals surface area contributed by atoms with Crippen LogP contribution in [0.5, 0.6) is 0 Å². The second kappa shape index (κ2) is 6.43. The van der Waals surface area contributed by atoms with E-state index >= 15 is 0 Å². The van der Waals surface area contributed by atoms with E-state index in [1.165, 1.54) is 44.9 Å². The van der Waals surface area contributed by atoms with Gasteiger partial charge in [-0.15, -0.1) is 0 Å². The second-order valence-corrected chi connectivity index (χ2v) is 13.0. The molecule has 0 bridgehead atoms. The van der Waals surface area contributed by atoms with Gasteiger partial charge in [0, 0.05) is 0 Å². The first-order valence-corrected chi connectivity index (χ1v) is 12.3. The predicted octanol–water partition coefficient (Wildman–Crippen LogP) is 5.83. The van der Waals surface area contributed by atoms with Crippen molar-refractivity contribution in [1.82, 2.24) is 0 Å². The van der Waals surface area contributed by atoms with Crippen molar-refractivity contribution in [2.75, 3.05) is 0 Å². The maximum absolute atomic E-state index is 2.74. The molecule has 0 radical (unpaired) electrons. The van der Waals surface area contributed by atoms with Crippen molar-refractivity contribution < 1.29 is 0 Å². The lowest BCUT2D eigenvalue weighted by molar-refractivity contribution is 0.487. The van der Waals surface area contributed by atoms with Crippen LogP contribution < -0.4 is 5.19 Å². The van der Waals surface area contributed by atoms with Crippen LogP contribution in [0.3, 0.4) is 0 Å². The zero-order chi connectivity index (χ0) is 15.7. The number of fused-ring (bicyclic) bond motifs is 1. The van der Waals surface area contributed by atoms with Crippen LogP contribution in [-0.2, 0) is 0 Å². The van der Waals surface area contributed by atoms with Crippen molar-refractivity contribution in [2.45, 2.75) is 62.6 Å². The van der Waals surface area contributed by atoms with Crippen molar-refractivity contribution in [1.29, 1.82) is 0 Å². The molecule has 23 heavy (non-hydrogen) atoms. The molecule has 0 nitrogen and oxygen atoms in total. The van der Waals surface area contributed by atoms with E-state index in [1.54, 1.807) is 5.19 Å². The van der Waals surface area contributed by atoms with Crippen molar-refractivity contribution >= 4 is 13.3 Å². The molecule has 4 rings (SSSR count). The van der Waals surface area contributed by atoms with Crippen molar-refractivity contribution in [2.24, 2.45) is 11.8 Å². The standard InChI is InChI=1S/C22H30Si/c1-23(20-12-4-2-5-13-20,21-14-6-3-7-15-21)22-16-18-10-8-9-11-19(18)17-22/h2,4-5,8-13,18-19,21-22H,3,6-7,14-17H2,1H3. The van der Waals surface area contributed by atoms with Crippen LogP contribution in [0.15, 0.2) is 54.6 Å². The maximum atomic E-state index is 2.74. The number of hydrogen-bond donors (Lipinski definition) is 0. The average molecular weight is 323 g/mol. The fourth-order valence-electron chi connectivity index (χ4n) is 5.75. The quantitative estimate of drug-likeness (QED) is 0.614. The van der Waals surface area contributed by atoms with Crippen LogP contribution in [0.4, 0.5) is 0 Å². The largest absolute Gasteiger partial charge is 0.0898 e. The predicted molar refractivity (Wildman–Crippen MR) is 103 cm³/mol. The van der Waals surface area contributed by atoms with Gasteiger partial charge in [0.2, 0.25) is 0 Å². The Morgan fingerprint density at radius 2 is 1.39 bits per heavy atom. The molecule has 3 aliphatic carbocycles. The summed E-state index contributed by atoms with van der Waals surface area (Å²) in [5, 5.41) is 1.74. The Morgan fingerprint density at radius 3 is 2.00 bits per heavy atom. The van der Waals surface area contributed by atoms with E-state index in [0.29, 0.717) is 0 Å². The molecule has 0 heterocycles. The fraction of sp³-hybridized carbons (Fsp3) is 0.545. The minimum Gasteiger partial charge on any atom is -0.0808 e. The molecule has 0 aromatic heterocycles. The van der Waals surface area contributed by atoms with Crippen LogP contribution in [0.1, 0.15) is 44.9 Å². The highest BCUT2D eigenvalue weighted by molar-refractivity contribution is 6.93. The van der Waals surface area contributed by atoms with Gasteiger partial charge in [0.05, 0.1) is 8.07 Å². The van der Waals surface area contributed by atoms with Gasteiger partial charge in [-0.2, -0.15) is 0 Å². The maximum Gasteiger partial charge on any atom is 0.0898 e. The van der Waals surface area contributed by atoms with E-state index in [9.17, 15) is 0 Å². The average Bonchev–Trinajstić information content (AvgIpc) is 3.07. The first-order valence-electron chi connectivity index (χ1n) is 9.69. The van der Waals surface area contributed by atoms with Crippen molar-refractivity contribution in [3.63, 3.8) is 0 Å². The molecule has 122 valence electrons. The van der Waals surface area contributed by atoms with Gasteiger partial charge in [0.1, 0.15) is 0 Å². The Morgan fingerprint density at radius 1 is 0.783 bits per heavy atom. The summed E-state index contributed by atoms with van der Waals surface area (Å²) in [7, 11) is -1.45. The summed E-state index contributed by atoms with van der Waals surface area (Å²) >= 11 is 0. The molecular weight excluding hydrogens is 292 g/mol. The topological polar surface area (TPSA) is 0 Å². The van der Waals surface area contributed by atoms with E-state index in [0.717, 1.165) is 22.9 Å². The van der Waals surface area contributed by atoms with Gasteiger partial charge in [-0.3, -0.25) is 0 Å². The zero-order valence-corrected chi connectivity index (χ0v) is 15.5. The zero-order valence-electron chi connectivity index (χ0n) is 14.5. The van der Waals surface area contributed by atoms with Crippen LogP contribution in [0.25, 0.3) is 0 Å². The second-order valence-electron chi connectivity index (χ2n) is 8.25. The number of allylic oxidation sites excluding steroid dienone is 4. The molecule has 3 aliphatic rings. The van der Waals surface area contributed by atoms with Crippen molar-refractivity contribution in [3.05, 3.63) is 54.6 Å². The van der Waals surface area contributed by atoms with E-state index in [2.05, 4.69) is 61.2 Å². The molecule has 1 heteroatoms. The fourth-order valence-corrected chi connectivity index (χ4v) is 11.4. The van der Waals surface area contributed by atoms with Gasteiger partial charge in [0.25, 0.3) is 0 Å². The first kappa shape index (κ1) is 15.4. The van der Waals surface area contributed by atoms with E-state index in [-0.39, 0.29) is 0 Å². The minimum atomic E-state index is -1.45. The Labute approximate surface area is 142 Å². The highest BCUT2D eigenvalue weighted by atomic mass is 28.3. The summed E-state index contributed by atoms with van der Waals surface area (Å²) in [6.07, 6.45) is 19.8. The van der Waals surface area contributed by atoms with Crippen LogP contribution in [0.2, 0.25) is 17.6 Å². The molecule has 0 amide bonds. The lowest BCUT2D eigenvalue weighted by Crippen LogP contribution is -2.53. The molecule has 2 saturated carbocycles.